The first kappa shape index (κ1) is 13.3. The molecule has 0 spiro atoms. The Morgan fingerprint density at radius 1 is 0.913 bits per heavy atom. The molecule has 2 aromatic carbocycles. The summed E-state index contributed by atoms with van der Waals surface area (Å²) >= 11 is 0. The lowest BCUT2D eigenvalue weighted by Crippen LogP contribution is -2.15. The molecule has 0 saturated heterocycles. The highest BCUT2D eigenvalue weighted by Crippen LogP contribution is 2.35. The smallest absolute Gasteiger partial charge is 0.163 e. The van der Waals surface area contributed by atoms with Gasteiger partial charge in [0.1, 0.15) is 25.0 Å². The summed E-state index contributed by atoms with van der Waals surface area (Å²) in [6, 6.07) is 15.7. The largest absolute Gasteiger partial charge is 0.486 e. The first-order chi connectivity index (χ1) is 11.3. The summed E-state index contributed by atoms with van der Waals surface area (Å²) in [7, 11) is 0. The van der Waals surface area contributed by atoms with Crippen LogP contribution in [-0.2, 0) is 0 Å². The summed E-state index contributed by atoms with van der Waals surface area (Å²) in [5, 5.41) is 19.2. The fourth-order valence-corrected chi connectivity index (χ4v) is 2.55. The van der Waals surface area contributed by atoms with Crippen LogP contribution in [0.3, 0.4) is 0 Å². The van der Waals surface area contributed by atoms with Gasteiger partial charge in [0.05, 0.1) is 0 Å². The molecule has 6 nitrogen and oxygen atoms in total. The molecule has 1 aliphatic rings. The average Bonchev–Trinajstić information content (AvgIpc) is 3.10. The predicted octanol–water partition coefficient (Wildman–Crippen LogP) is 2.78. The van der Waals surface area contributed by atoms with Crippen LogP contribution in [0.5, 0.6) is 11.5 Å². The van der Waals surface area contributed by atoms with E-state index in [2.05, 4.69) is 15.4 Å². The predicted molar refractivity (Wildman–Crippen MR) is 83.0 cm³/mol. The van der Waals surface area contributed by atoms with Crippen LogP contribution < -0.4 is 9.47 Å². The Kier molecular flexibility index (Phi) is 3.17. The van der Waals surface area contributed by atoms with E-state index >= 15 is 0 Å². The van der Waals surface area contributed by atoms with Crippen molar-refractivity contribution in [3.8, 4) is 40.0 Å². The summed E-state index contributed by atoms with van der Waals surface area (Å²) in [5.41, 5.74) is 3.85. The Bertz CT molecular complexity index is 894. The Hall–Kier alpha value is -3.33. The zero-order chi connectivity index (χ0) is 15.6. The number of rotatable bonds is 2. The normalized spacial score (nSPS) is 12.7. The van der Waals surface area contributed by atoms with Crippen LogP contribution in [0.15, 0.2) is 42.5 Å². The second kappa shape index (κ2) is 5.46. The van der Waals surface area contributed by atoms with Gasteiger partial charge in [-0.3, -0.25) is 0 Å². The minimum Gasteiger partial charge on any atom is -0.486 e. The Labute approximate surface area is 132 Å². The lowest BCUT2D eigenvalue weighted by molar-refractivity contribution is 0.171. The quantitative estimate of drug-likeness (QED) is 0.787. The van der Waals surface area contributed by atoms with E-state index < -0.39 is 0 Å². The minimum atomic E-state index is 0.358. The molecule has 23 heavy (non-hydrogen) atoms. The topological polar surface area (TPSA) is 83.8 Å². The molecule has 4 rings (SSSR count). The van der Waals surface area contributed by atoms with Gasteiger partial charge in [0, 0.05) is 5.56 Å². The molecule has 0 aliphatic carbocycles. The zero-order valence-electron chi connectivity index (χ0n) is 12.1. The van der Waals surface area contributed by atoms with Crippen LogP contribution in [0, 0.1) is 11.3 Å². The van der Waals surface area contributed by atoms with E-state index in [0.29, 0.717) is 24.6 Å². The fraction of sp³-hybridized carbons (Fsp3) is 0.118. The van der Waals surface area contributed by atoms with Crippen LogP contribution in [0.25, 0.3) is 22.4 Å². The van der Waals surface area contributed by atoms with E-state index in [-0.39, 0.29) is 0 Å². The highest BCUT2D eigenvalue weighted by atomic mass is 16.6. The first-order valence-electron chi connectivity index (χ1n) is 7.17. The summed E-state index contributed by atoms with van der Waals surface area (Å²) in [4.78, 5) is 0. The average molecular weight is 304 g/mol. The second-order valence-corrected chi connectivity index (χ2v) is 5.08. The molecule has 0 bridgehead atoms. The Balaban J connectivity index is 1.67. The van der Waals surface area contributed by atoms with E-state index in [4.69, 9.17) is 14.7 Å². The second-order valence-electron chi connectivity index (χ2n) is 5.08. The van der Waals surface area contributed by atoms with Crippen molar-refractivity contribution >= 4 is 0 Å². The molecule has 6 heteroatoms. The van der Waals surface area contributed by atoms with Gasteiger partial charge in [-0.05, 0) is 23.3 Å². The minimum absolute atomic E-state index is 0.358. The maximum absolute atomic E-state index is 9.03. The third-order valence-electron chi connectivity index (χ3n) is 3.69. The van der Waals surface area contributed by atoms with Crippen molar-refractivity contribution in [2.45, 2.75) is 0 Å². The van der Waals surface area contributed by atoms with Crippen LogP contribution >= 0.6 is 0 Å². The number of fused-ring (bicyclic) bond motifs is 1. The van der Waals surface area contributed by atoms with Crippen molar-refractivity contribution in [3.05, 3.63) is 48.2 Å². The van der Waals surface area contributed by atoms with Crippen LogP contribution in [0.1, 0.15) is 5.69 Å². The molecule has 0 saturated carbocycles. The van der Waals surface area contributed by atoms with Gasteiger partial charge in [-0.2, -0.15) is 5.26 Å². The van der Waals surface area contributed by atoms with Gasteiger partial charge in [-0.15, -0.1) is 5.10 Å². The van der Waals surface area contributed by atoms with Gasteiger partial charge in [-0.25, -0.2) is 5.10 Å². The standard InChI is InChI=1S/C17H12N4O2/c18-10-14-17(20-21-19-14)12-3-1-11(2-4-12)13-5-6-15-16(9-13)23-8-7-22-15/h1-6,9H,7-8H2,(H,19,20,21). The maximum atomic E-state index is 9.03. The van der Waals surface area contributed by atoms with Gasteiger partial charge >= 0.3 is 0 Å². The van der Waals surface area contributed by atoms with E-state index in [0.717, 1.165) is 28.2 Å². The van der Waals surface area contributed by atoms with Crippen molar-refractivity contribution in [1.82, 2.24) is 15.4 Å². The van der Waals surface area contributed by atoms with E-state index in [9.17, 15) is 0 Å². The lowest BCUT2D eigenvalue weighted by atomic mass is 10.0. The summed E-state index contributed by atoms with van der Waals surface area (Å²) in [6.45, 7) is 1.15. The number of H-pyrrole nitrogens is 1. The number of nitrogens with zero attached hydrogens (tertiary/aromatic N) is 3. The zero-order valence-corrected chi connectivity index (χ0v) is 12.1. The van der Waals surface area contributed by atoms with Crippen molar-refractivity contribution in [1.29, 1.82) is 5.26 Å². The molecule has 3 aromatic rings. The monoisotopic (exact) mass is 304 g/mol. The molecule has 0 amide bonds. The van der Waals surface area contributed by atoms with Crippen LogP contribution in [-0.4, -0.2) is 28.6 Å². The third-order valence-corrected chi connectivity index (χ3v) is 3.69. The van der Waals surface area contributed by atoms with Crippen molar-refractivity contribution in [2.24, 2.45) is 0 Å². The lowest BCUT2D eigenvalue weighted by Gasteiger charge is -2.19. The first-order valence-corrected chi connectivity index (χ1v) is 7.17. The maximum Gasteiger partial charge on any atom is 0.163 e. The molecule has 112 valence electrons. The number of aromatic amines is 1. The Morgan fingerprint density at radius 3 is 2.39 bits per heavy atom. The molecule has 1 aliphatic heterocycles. The molecule has 0 unspecified atom stereocenters. The van der Waals surface area contributed by atoms with Gasteiger partial charge in [0.25, 0.3) is 0 Å². The molecule has 1 aromatic heterocycles. The molecule has 2 heterocycles. The number of benzene rings is 2. The van der Waals surface area contributed by atoms with Crippen molar-refractivity contribution in [3.63, 3.8) is 0 Å². The van der Waals surface area contributed by atoms with Gasteiger partial charge in [0.2, 0.25) is 0 Å². The number of ether oxygens (including phenoxy) is 2. The highest BCUT2D eigenvalue weighted by molar-refractivity contribution is 5.72. The van der Waals surface area contributed by atoms with E-state index in [1.54, 1.807) is 0 Å². The van der Waals surface area contributed by atoms with Crippen molar-refractivity contribution in [2.75, 3.05) is 13.2 Å². The van der Waals surface area contributed by atoms with Gasteiger partial charge in [-0.1, -0.05) is 35.5 Å². The third kappa shape index (κ3) is 2.38. The summed E-state index contributed by atoms with van der Waals surface area (Å²) in [5.74, 6) is 1.54. The highest BCUT2D eigenvalue weighted by Gasteiger charge is 2.13. The number of nitrogens with one attached hydrogen (secondary N) is 1. The van der Waals surface area contributed by atoms with Crippen molar-refractivity contribution < 1.29 is 9.47 Å². The number of hydrogen-bond donors (Lipinski definition) is 1. The molecule has 0 atom stereocenters. The van der Waals surface area contributed by atoms with E-state index in [1.165, 1.54) is 0 Å². The van der Waals surface area contributed by atoms with Gasteiger partial charge < -0.3 is 9.47 Å². The van der Waals surface area contributed by atoms with Crippen LogP contribution in [0.4, 0.5) is 0 Å². The fourth-order valence-electron chi connectivity index (χ4n) is 2.55. The van der Waals surface area contributed by atoms with Gasteiger partial charge in [0.15, 0.2) is 17.2 Å². The number of aromatic nitrogens is 3. The molecular weight excluding hydrogens is 292 g/mol. The van der Waals surface area contributed by atoms with Crippen LogP contribution in [0.2, 0.25) is 0 Å². The number of hydrogen-bond acceptors (Lipinski definition) is 5. The number of nitriles is 1. The SMILES string of the molecule is N#Cc1[nH]nnc1-c1ccc(-c2ccc3c(c2)OCCO3)cc1. The van der Waals surface area contributed by atoms with E-state index in [1.807, 2.05) is 48.5 Å². The molecule has 1 N–H and O–H groups in total. The molecule has 0 radical (unpaired) electrons. The molecular formula is C17H12N4O2. The summed E-state index contributed by atoms with van der Waals surface area (Å²) < 4.78 is 11.1. The summed E-state index contributed by atoms with van der Waals surface area (Å²) in [6.07, 6.45) is 0. The molecule has 0 fully saturated rings. The Morgan fingerprint density at radius 2 is 1.61 bits per heavy atom.